The summed E-state index contributed by atoms with van der Waals surface area (Å²) >= 11 is 0. The molecular weight excluding hydrogens is 206 g/mol. The van der Waals surface area contributed by atoms with Crippen LogP contribution < -0.4 is 10.5 Å². The van der Waals surface area contributed by atoms with E-state index < -0.39 is 11.9 Å². The van der Waals surface area contributed by atoms with Crippen LogP contribution >= 0.6 is 0 Å². The van der Waals surface area contributed by atoms with E-state index >= 15 is 0 Å². The molecule has 1 aliphatic carbocycles. The molecule has 2 atom stereocenters. The van der Waals surface area contributed by atoms with E-state index in [0.29, 0.717) is 12.8 Å². The van der Waals surface area contributed by atoms with Gasteiger partial charge in [-0.15, -0.1) is 0 Å². The van der Waals surface area contributed by atoms with E-state index in [1.807, 2.05) is 18.2 Å². The molecule has 0 saturated carbocycles. The maximum atomic E-state index is 11.0. The second-order valence-electron chi connectivity index (χ2n) is 4.11. The standard InChI is InChI=1S/C12H15NO3/c1-16-11-4-2-3-8-9(11)5-7(12(14)15)6-10(8)13/h2-4,7,10H,5-6,13H2,1H3,(H,14,15). The van der Waals surface area contributed by atoms with E-state index in [0.717, 1.165) is 16.9 Å². The summed E-state index contributed by atoms with van der Waals surface area (Å²) in [6.45, 7) is 0. The molecule has 4 nitrogen and oxygen atoms in total. The molecule has 0 bridgehead atoms. The van der Waals surface area contributed by atoms with Crippen molar-refractivity contribution in [1.29, 1.82) is 0 Å². The second kappa shape index (κ2) is 4.14. The maximum Gasteiger partial charge on any atom is 0.306 e. The highest BCUT2D eigenvalue weighted by atomic mass is 16.5. The van der Waals surface area contributed by atoms with Gasteiger partial charge in [-0.3, -0.25) is 4.79 Å². The Bertz CT molecular complexity index is 417. The first-order valence-electron chi connectivity index (χ1n) is 5.27. The number of fused-ring (bicyclic) bond motifs is 1. The van der Waals surface area contributed by atoms with Gasteiger partial charge in [0.25, 0.3) is 0 Å². The number of aliphatic carboxylic acids is 1. The van der Waals surface area contributed by atoms with Gasteiger partial charge in [0.1, 0.15) is 5.75 Å². The lowest BCUT2D eigenvalue weighted by atomic mass is 9.80. The molecule has 0 saturated heterocycles. The van der Waals surface area contributed by atoms with Crippen LogP contribution in [0.1, 0.15) is 23.6 Å². The fraction of sp³-hybridized carbons (Fsp3) is 0.417. The molecule has 0 fully saturated rings. The van der Waals surface area contributed by atoms with Gasteiger partial charge in [0.05, 0.1) is 13.0 Å². The number of hydrogen-bond acceptors (Lipinski definition) is 3. The molecule has 0 heterocycles. The third-order valence-electron chi connectivity index (χ3n) is 3.13. The van der Waals surface area contributed by atoms with Crippen molar-refractivity contribution in [3.8, 4) is 5.75 Å². The van der Waals surface area contributed by atoms with E-state index in [9.17, 15) is 4.79 Å². The van der Waals surface area contributed by atoms with Gasteiger partial charge in [-0.2, -0.15) is 0 Å². The Hall–Kier alpha value is -1.55. The molecule has 2 rings (SSSR count). The Morgan fingerprint density at radius 2 is 2.31 bits per heavy atom. The van der Waals surface area contributed by atoms with Crippen LogP contribution in [0, 0.1) is 5.92 Å². The van der Waals surface area contributed by atoms with Crippen molar-refractivity contribution in [2.75, 3.05) is 7.11 Å². The monoisotopic (exact) mass is 221 g/mol. The summed E-state index contributed by atoms with van der Waals surface area (Å²) < 4.78 is 5.24. The Labute approximate surface area is 94.0 Å². The van der Waals surface area contributed by atoms with Crippen LogP contribution in [0.25, 0.3) is 0 Å². The fourth-order valence-electron chi connectivity index (χ4n) is 2.29. The molecule has 0 amide bonds. The Morgan fingerprint density at radius 3 is 2.94 bits per heavy atom. The molecule has 4 heteroatoms. The number of carboxylic acids is 1. The SMILES string of the molecule is COc1cccc2c1CC(C(=O)O)CC2N. The molecule has 86 valence electrons. The van der Waals surface area contributed by atoms with Gasteiger partial charge in [0, 0.05) is 6.04 Å². The van der Waals surface area contributed by atoms with Crippen molar-refractivity contribution in [2.24, 2.45) is 11.7 Å². The van der Waals surface area contributed by atoms with Crippen molar-refractivity contribution in [3.63, 3.8) is 0 Å². The molecule has 1 aliphatic rings. The molecule has 0 spiro atoms. The van der Waals surface area contributed by atoms with Crippen molar-refractivity contribution in [1.82, 2.24) is 0 Å². The van der Waals surface area contributed by atoms with Crippen LogP contribution in [-0.2, 0) is 11.2 Å². The highest BCUT2D eigenvalue weighted by molar-refractivity contribution is 5.71. The number of carbonyl (C=O) groups is 1. The minimum Gasteiger partial charge on any atom is -0.496 e. The molecule has 0 radical (unpaired) electrons. The van der Waals surface area contributed by atoms with E-state index in [4.69, 9.17) is 15.6 Å². The fourth-order valence-corrected chi connectivity index (χ4v) is 2.29. The summed E-state index contributed by atoms with van der Waals surface area (Å²) in [5.74, 6) is -0.454. The lowest BCUT2D eigenvalue weighted by Crippen LogP contribution is -2.29. The first-order valence-corrected chi connectivity index (χ1v) is 5.27. The zero-order valence-corrected chi connectivity index (χ0v) is 9.14. The van der Waals surface area contributed by atoms with E-state index in [-0.39, 0.29) is 6.04 Å². The average molecular weight is 221 g/mol. The van der Waals surface area contributed by atoms with Crippen LogP contribution in [-0.4, -0.2) is 18.2 Å². The molecule has 2 unspecified atom stereocenters. The van der Waals surface area contributed by atoms with Crippen molar-refractivity contribution in [2.45, 2.75) is 18.9 Å². The van der Waals surface area contributed by atoms with Gasteiger partial charge in [-0.1, -0.05) is 12.1 Å². The minimum absolute atomic E-state index is 0.208. The summed E-state index contributed by atoms with van der Waals surface area (Å²) in [5.41, 5.74) is 7.93. The summed E-state index contributed by atoms with van der Waals surface area (Å²) in [6, 6.07) is 5.47. The maximum absolute atomic E-state index is 11.0. The quantitative estimate of drug-likeness (QED) is 0.790. The molecule has 0 aliphatic heterocycles. The molecule has 0 aromatic heterocycles. The highest BCUT2D eigenvalue weighted by Crippen LogP contribution is 2.36. The first kappa shape index (κ1) is 11.0. The summed E-state index contributed by atoms with van der Waals surface area (Å²) in [5, 5.41) is 9.05. The predicted octanol–water partition coefficient (Wildman–Crippen LogP) is 1.34. The predicted molar refractivity (Wildman–Crippen MR) is 59.4 cm³/mol. The van der Waals surface area contributed by atoms with Crippen molar-refractivity contribution in [3.05, 3.63) is 29.3 Å². The second-order valence-corrected chi connectivity index (χ2v) is 4.11. The van der Waals surface area contributed by atoms with Crippen molar-refractivity contribution < 1.29 is 14.6 Å². The summed E-state index contributed by atoms with van der Waals surface area (Å²) in [4.78, 5) is 11.0. The molecular formula is C12H15NO3. The zero-order valence-electron chi connectivity index (χ0n) is 9.14. The average Bonchev–Trinajstić information content (AvgIpc) is 2.28. The van der Waals surface area contributed by atoms with Crippen LogP contribution in [0.3, 0.4) is 0 Å². The normalized spacial score (nSPS) is 23.6. The van der Waals surface area contributed by atoms with Crippen molar-refractivity contribution >= 4 is 5.97 Å². The molecule has 16 heavy (non-hydrogen) atoms. The van der Waals surface area contributed by atoms with Crippen LogP contribution in [0.2, 0.25) is 0 Å². The number of nitrogens with two attached hydrogens (primary N) is 1. The van der Waals surface area contributed by atoms with Crippen LogP contribution in [0.5, 0.6) is 5.75 Å². The Balaban J connectivity index is 2.42. The number of carboxylic acid groups (broad SMARTS) is 1. The Morgan fingerprint density at radius 1 is 1.56 bits per heavy atom. The number of ether oxygens (including phenoxy) is 1. The zero-order chi connectivity index (χ0) is 11.7. The molecule has 3 N–H and O–H groups in total. The third-order valence-corrected chi connectivity index (χ3v) is 3.13. The van der Waals surface area contributed by atoms with Crippen LogP contribution in [0.15, 0.2) is 18.2 Å². The van der Waals surface area contributed by atoms with E-state index in [1.165, 1.54) is 0 Å². The summed E-state index contributed by atoms with van der Waals surface area (Å²) in [7, 11) is 1.59. The lowest BCUT2D eigenvalue weighted by Gasteiger charge is -2.28. The number of benzene rings is 1. The highest BCUT2D eigenvalue weighted by Gasteiger charge is 2.30. The van der Waals surface area contributed by atoms with Gasteiger partial charge in [0.15, 0.2) is 0 Å². The number of rotatable bonds is 2. The van der Waals surface area contributed by atoms with E-state index in [2.05, 4.69) is 0 Å². The summed E-state index contributed by atoms with van der Waals surface area (Å²) in [6.07, 6.45) is 0.998. The number of methoxy groups -OCH3 is 1. The third kappa shape index (κ3) is 1.76. The van der Waals surface area contributed by atoms with E-state index in [1.54, 1.807) is 7.11 Å². The topological polar surface area (TPSA) is 72.5 Å². The van der Waals surface area contributed by atoms with Gasteiger partial charge in [0.2, 0.25) is 0 Å². The van der Waals surface area contributed by atoms with Gasteiger partial charge >= 0.3 is 5.97 Å². The van der Waals surface area contributed by atoms with Gasteiger partial charge in [-0.25, -0.2) is 0 Å². The van der Waals surface area contributed by atoms with Gasteiger partial charge < -0.3 is 15.6 Å². The van der Waals surface area contributed by atoms with Gasteiger partial charge in [-0.05, 0) is 30.0 Å². The molecule has 1 aromatic rings. The lowest BCUT2D eigenvalue weighted by molar-refractivity contribution is -0.142. The van der Waals surface area contributed by atoms with Crippen LogP contribution in [0.4, 0.5) is 0 Å². The largest absolute Gasteiger partial charge is 0.496 e. The molecule has 1 aromatic carbocycles. The number of hydrogen-bond donors (Lipinski definition) is 2. The Kier molecular flexibility index (Phi) is 2.83. The smallest absolute Gasteiger partial charge is 0.306 e. The first-order chi connectivity index (χ1) is 7.63. The minimum atomic E-state index is -0.785.